The first kappa shape index (κ1) is 10.2. The summed E-state index contributed by atoms with van der Waals surface area (Å²) < 4.78 is 0.857. The summed E-state index contributed by atoms with van der Waals surface area (Å²) >= 11 is 3.35. The van der Waals surface area contributed by atoms with E-state index in [1.807, 2.05) is 31.2 Å². The summed E-state index contributed by atoms with van der Waals surface area (Å²) in [4.78, 5) is 0. The summed E-state index contributed by atoms with van der Waals surface area (Å²) in [6.45, 7) is 1.98. The van der Waals surface area contributed by atoms with Crippen LogP contribution in [0.2, 0.25) is 0 Å². The minimum Gasteiger partial charge on any atom is -0.387 e. The summed E-state index contributed by atoms with van der Waals surface area (Å²) in [5, 5.41) is 18.0. The first-order valence-corrected chi connectivity index (χ1v) is 4.75. The Labute approximate surface area is 85.9 Å². The van der Waals surface area contributed by atoms with Gasteiger partial charge in [-0.2, -0.15) is 5.26 Å². The van der Waals surface area contributed by atoms with E-state index in [4.69, 9.17) is 5.26 Å². The molecule has 1 aromatic carbocycles. The van der Waals surface area contributed by atoms with Crippen molar-refractivity contribution in [2.75, 3.05) is 0 Å². The van der Waals surface area contributed by atoms with Crippen molar-refractivity contribution in [3.05, 3.63) is 33.8 Å². The lowest BCUT2D eigenvalue weighted by Crippen LogP contribution is -1.97. The number of nitrogens with zero attached hydrogens (tertiary/aromatic N) is 1. The highest BCUT2D eigenvalue weighted by molar-refractivity contribution is 9.10. The van der Waals surface area contributed by atoms with Crippen molar-refractivity contribution in [2.24, 2.45) is 0 Å². The number of hydrogen-bond donors (Lipinski definition) is 1. The fraction of sp³-hybridized carbons (Fsp3) is 0.300. The average Bonchev–Trinajstić information content (AvgIpc) is 2.04. The molecular formula is C10H10BrNO. The van der Waals surface area contributed by atoms with E-state index in [-0.39, 0.29) is 6.42 Å². The van der Waals surface area contributed by atoms with Crippen molar-refractivity contribution >= 4 is 15.9 Å². The lowest BCUT2D eigenvalue weighted by atomic mass is 10.1. The zero-order valence-corrected chi connectivity index (χ0v) is 8.87. The van der Waals surface area contributed by atoms with Crippen molar-refractivity contribution in [1.29, 1.82) is 5.26 Å². The van der Waals surface area contributed by atoms with Crippen LogP contribution >= 0.6 is 15.9 Å². The first-order chi connectivity index (χ1) is 6.15. The molecule has 1 rings (SSSR count). The van der Waals surface area contributed by atoms with Crippen LogP contribution in [-0.2, 0) is 0 Å². The first-order valence-electron chi connectivity index (χ1n) is 3.96. The number of hydrogen-bond acceptors (Lipinski definition) is 2. The lowest BCUT2D eigenvalue weighted by molar-refractivity contribution is 0.182. The number of nitriles is 1. The smallest absolute Gasteiger partial charge is 0.0930 e. The molecule has 0 radical (unpaired) electrons. The van der Waals surface area contributed by atoms with Gasteiger partial charge in [0, 0.05) is 4.47 Å². The molecule has 0 aliphatic rings. The third kappa shape index (κ3) is 2.55. The van der Waals surface area contributed by atoms with Gasteiger partial charge in [0.2, 0.25) is 0 Å². The standard InChI is InChI=1S/C10H10BrNO/c1-7-2-3-8(9(11)6-7)10(13)4-5-12/h2-3,6,10,13H,4H2,1H3/t10-/m0/s1. The molecule has 13 heavy (non-hydrogen) atoms. The second-order valence-corrected chi connectivity index (χ2v) is 3.76. The van der Waals surface area contributed by atoms with Crippen LogP contribution in [0.25, 0.3) is 0 Å². The molecule has 0 aromatic heterocycles. The second kappa shape index (κ2) is 4.40. The maximum absolute atomic E-state index is 9.54. The monoisotopic (exact) mass is 239 g/mol. The van der Waals surface area contributed by atoms with Crippen molar-refractivity contribution in [3.63, 3.8) is 0 Å². The molecular weight excluding hydrogens is 230 g/mol. The number of aliphatic hydroxyl groups is 1. The third-order valence-electron chi connectivity index (χ3n) is 1.80. The van der Waals surface area contributed by atoms with Gasteiger partial charge in [0.15, 0.2) is 0 Å². The van der Waals surface area contributed by atoms with E-state index >= 15 is 0 Å². The lowest BCUT2D eigenvalue weighted by Gasteiger charge is -2.09. The Bertz CT molecular complexity index is 343. The molecule has 3 heteroatoms. The molecule has 0 bridgehead atoms. The number of rotatable bonds is 2. The van der Waals surface area contributed by atoms with E-state index in [0.717, 1.165) is 15.6 Å². The molecule has 2 nitrogen and oxygen atoms in total. The molecule has 0 aliphatic carbocycles. The highest BCUT2D eigenvalue weighted by Gasteiger charge is 2.10. The highest BCUT2D eigenvalue weighted by atomic mass is 79.9. The average molecular weight is 240 g/mol. The predicted molar refractivity (Wildman–Crippen MR) is 54.1 cm³/mol. The maximum Gasteiger partial charge on any atom is 0.0930 e. The van der Waals surface area contributed by atoms with Crippen LogP contribution in [0.3, 0.4) is 0 Å². The summed E-state index contributed by atoms with van der Waals surface area (Å²) in [5.74, 6) is 0. The normalized spacial score (nSPS) is 12.2. The van der Waals surface area contributed by atoms with Crippen LogP contribution < -0.4 is 0 Å². The fourth-order valence-corrected chi connectivity index (χ4v) is 1.86. The van der Waals surface area contributed by atoms with E-state index in [0.29, 0.717) is 0 Å². The van der Waals surface area contributed by atoms with Gasteiger partial charge < -0.3 is 5.11 Å². The molecule has 1 aromatic rings. The molecule has 68 valence electrons. The van der Waals surface area contributed by atoms with Gasteiger partial charge in [0.05, 0.1) is 18.6 Å². The largest absolute Gasteiger partial charge is 0.387 e. The Morgan fingerprint density at radius 2 is 2.31 bits per heavy atom. The summed E-state index contributed by atoms with van der Waals surface area (Å²) in [5.41, 5.74) is 1.90. The third-order valence-corrected chi connectivity index (χ3v) is 2.49. The van der Waals surface area contributed by atoms with E-state index in [9.17, 15) is 5.11 Å². The van der Waals surface area contributed by atoms with Gasteiger partial charge in [-0.05, 0) is 24.1 Å². The maximum atomic E-state index is 9.54. The Morgan fingerprint density at radius 1 is 1.62 bits per heavy atom. The minimum absolute atomic E-state index is 0.127. The Morgan fingerprint density at radius 3 is 2.85 bits per heavy atom. The van der Waals surface area contributed by atoms with Gasteiger partial charge in [-0.25, -0.2) is 0 Å². The molecule has 1 N–H and O–H groups in total. The Balaban J connectivity index is 2.96. The van der Waals surface area contributed by atoms with Crippen LogP contribution in [0.15, 0.2) is 22.7 Å². The topological polar surface area (TPSA) is 44.0 Å². The fourth-order valence-electron chi connectivity index (χ4n) is 1.10. The van der Waals surface area contributed by atoms with Gasteiger partial charge in [-0.15, -0.1) is 0 Å². The van der Waals surface area contributed by atoms with Crippen molar-refractivity contribution in [3.8, 4) is 6.07 Å². The van der Waals surface area contributed by atoms with Gasteiger partial charge in [-0.1, -0.05) is 28.1 Å². The summed E-state index contributed by atoms with van der Waals surface area (Å²) in [6, 6.07) is 7.62. The van der Waals surface area contributed by atoms with Gasteiger partial charge in [0.25, 0.3) is 0 Å². The van der Waals surface area contributed by atoms with Crippen LogP contribution in [0.5, 0.6) is 0 Å². The SMILES string of the molecule is Cc1ccc([C@@H](O)CC#N)c(Br)c1. The van der Waals surface area contributed by atoms with Crippen molar-refractivity contribution < 1.29 is 5.11 Å². The van der Waals surface area contributed by atoms with Gasteiger partial charge in [-0.3, -0.25) is 0 Å². The second-order valence-electron chi connectivity index (χ2n) is 2.90. The van der Waals surface area contributed by atoms with E-state index in [1.54, 1.807) is 0 Å². The Hall–Kier alpha value is -0.850. The van der Waals surface area contributed by atoms with Crippen LogP contribution in [0.1, 0.15) is 23.7 Å². The zero-order valence-electron chi connectivity index (χ0n) is 7.29. The number of halogens is 1. The van der Waals surface area contributed by atoms with Crippen LogP contribution in [0, 0.1) is 18.3 Å². The molecule has 0 saturated heterocycles. The minimum atomic E-state index is -0.694. The van der Waals surface area contributed by atoms with Gasteiger partial charge in [0.1, 0.15) is 0 Å². The molecule has 0 unspecified atom stereocenters. The number of aryl methyl sites for hydroxylation is 1. The molecule has 0 saturated carbocycles. The van der Waals surface area contributed by atoms with Crippen LogP contribution in [0.4, 0.5) is 0 Å². The van der Waals surface area contributed by atoms with E-state index < -0.39 is 6.10 Å². The molecule has 0 heterocycles. The van der Waals surface area contributed by atoms with Crippen molar-refractivity contribution in [1.82, 2.24) is 0 Å². The molecule has 1 atom stereocenters. The highest BCUT2D eigenvalue weighted by Crippen LogP contribution is 2.26. The van der Waals surface area contributed by atoms with E-state index in [1.165, 1.54) is 0 Å². The quantitative estimate of drug-likeness (QED) is 0.863. The molecule has 0 amide bonds. The molecule has 0 spiro atoms. The Kier molecular flexibility index (Phi) is 3.47. The van der Waals surface area contributed by atoms with Crippen LogP contribution in [-0.4, -0.2) is 5.11 Å². The van der Waals surface area contributed by atoms with Crippen molar-refractivity contribution in [2.45, 2.75) is 19.4 Å². The number of benzene rings is 1. The summed E-state index contributed by atoms with van der Waals surface area (Å²) in [7, 11) is 0. The zero-order chi connectivity index (χ0) is 9.84. The van der Waals surface area contributed by atoms with Gasteiger partial charge >= 0.3 is 0 Å². The predicted octanol–water partition coefficient (Wildman–Crippen LogP) is 2.70. The molecule has 0 fully saturated rings. The summed E-state index contributed by atoms with van der Waals surface area (Å²) in [6.07, 6.45) is -0.568. The number of aliphatic hydroxyl groups excluding tert-OH is 1. The molecule has 0 aliphatic heterocycles. The van der Waals surface area contributed by atoms with E-state index in [2.05, 4.69) is 15.9 Å².